The van der Waals surface area contributed by atoms with Gasteiger partial charge in [-0.15, -0.1) is 0 Å². The molecule has 4 heteroatoms. The second kappa shape index (κ2) is 5.19. The van der Waals surface area contributed by atoms with Crippen LogP contribution in [0.15, 0.2) is 48.1 Å². The third-order valence-corrected chi connectivity index (χ3v) is 2.32. The van der Waals surface area contributed by atoms with Gasteiger partial charge in [-0.3, -0.25) is 0 Å². The maximum absolute atomic E-state index is 12.3. The Kier molecular flexibility index (Phi) is 4.12. The SMILES string of the molecule is C=C(C(O)/C(C)=C/c1ccccc1)C(F)(F)F. The molecule has 0 fully saturated rings. The van der Waals surface area contributed by atoms with E-state index in [1.54, 1.807) is 30.3 Å². The van der Waals surface area contributed by atoms with Crippen LogP contribution >= 0.6 is 0 Å². The third kappa shape index (κ3) is 3.75. The molecule has 0 aliphatic rings. The molecule has 0 radical (unpaired) electrons. The van der Waals surface area contributed by atoms with Crippen molar-refractivity contribution >= 4 is 6.08 Å². The zero-order chi connectivity index (χ0) is 13.1. The quantitative estimate of drug-likeness (QED) is 0.803. The first kappa shape index (κ1) is 13.5. The molecule has 0 bridgehead atoms. The first-order valence-electron chi connectivity index (χ1n) is 4.99. The van der Waals surface area contributed by atoms with Gasteiger partial charge < -0.3 is 5.11 Å². The smallest absolute Gasteiger partial charge is 0.384 e. The molecule has 1 atom stereocenters. The van der Waals surface area contributed by atoms with E-state index in [1.807, 2.05) is 0 Å². The van der Waals surface area contributed by atoms with Gasteiger partial charge in [0, 0.05) is 0 Å². The molecule has 0 amide bonds. The Hall–Kier alpha value is -1.55. The summed E-state index contributed by atoms with van der Waals surface area (Å²) >= 11 is 0. The van der Waals surface area contributed by atoms with Gasteiger partial charge in [0.25, 0.3) is 0 Å². The van der Waals surface area contributed by atoms with Crippen LogP contribution in [-0.4, -0.2) is 17.4 Å². The fraction of sp³-hybridized carbons (Fsp3) is 0.231. The summed E-state index contributed by atoms with van der Waals surface area (Å²) in [5.74, 6) is 0. The summed E-state index contributed by atoms with van der Waals surface area (Å²) in [5.41, 5.74) is -0.209. The number of hydrogen-bond donors (Lipinski definition) is 1. The summed E-state index contributed by atoms with van der Waals surface area (Å²) in [5, 5.41) is 9.50. The Morgan fingerprint density at radius 2 is 1.82 bits per heavy atom. The molecule has 1 N–H and O–H groups in total. The van der Waals surface area contributed by atoms with E-state index in [-0.39, 0.29) is 5.57 Å². The molecule has 1 aromatic rings. The number of benzene rings is 1. The highest BCUT2D eigenvalue weighted by atomic mass is 19.4. The summed E-state index contributed by atoms with van der Waals surface area (Å²) in [6.07, 6.45) is -4.78. The van der Waals surface area contributed by atoms with E-state index < -0.39 is 17.9 Å². The molecule has 1 unspecified atom stereocenters. The maximum Gasteiger partial charge on any atom is 0.414 e. The molecule has 0 aliphatic heterocycles. The van der Waals surface area contributed by atoms with E-state index in [9.17, 15) is 18.3 Å². The molecule has 0 aliphatic carbocycles. The van der Waals surface area contributed by atoms with Crippen LogP contribution in [0.2, 0.25) is 0 Å². The lowest BCUT2D eigenvalue weighted by Crippen LogP contribution is -2.23. The summed E-state index contributed by atoms with van der Waals surface area (Å²) in [6.45, 7) is 4.31. The minimum atomic E-state index is -4.58. The van der Waals surface area contributed by atoms with E-state index in [4.69, 9.17) is 0 Å². The van der Waals surface area contributed by atoms with Gasteiger partial charge in [-0.1, -0.05) is 43.0 Å². The predicted molar refractivity (Wildman–Crippen MR) is 61.3 cm³/mol. The van der Waals surface area contributed by atoms with Crippen molar-refractivity contribution in [2.45, 2.75) is 19.2 Å². The number of halogens is 3. The largest absolute Gasteiger partial charge is 0.414 e. The lowest BCUT2D eigenvalue weighted by atomic mass is 10.0. The molecule has 0 saturated carbocycles. The second-order valence-corrected chi connectivity index (χ2v) is 3.72. The minimum Gasteiger partial charge on any atom is -0.384 e. The monoisotopic (exact) mass is 242 g/mol. The fourth-order valence-corrected chi connectivity index (χ4v) is 1.32. The molecule has 1 rings (SSSR count). The zero-order valence-electron chi connectivity index (χ0n) is 9.33. The first-order chi connectivity index (χ1) is 7.82. The molecule has 0 spiro atoms. The second-order valence-electron chi connectivity index (χ2n) is 3.72. The van der Waals surface area contributed by atoms with Gasteiger partial charge in [0.05, 0.1) is 5.57 Å². The van der Waals surface area contributed by atoms with Crippen molar-refractivity contribution in [2.24, 2.45) is 0 Å². The standard InChI is InChI=1S/C13H13F3O/c1-9(8-11-6-4-3-5-7-11)12(17)10(2)13(14,15)16/h3-8,12,17H,2H2,1H3/b9-8+. The van der Waals surface area contributed by atoms with Crippen molar-refractivity contribution in [1.82, 2.24) is 0 Å². The molecule has 92 valence electrons. The molecular formula is C13H13F3O. The van der Waals surface area contributed by atoms with Gasteiger partial charge in [-0.25, -0.2) is 0 Å². The van der Waals surface area contributed by atoms with E-state index in [0.29, 0.717) is 0 Å². The lowest BCUT2D eigenvalue weighted by Gasteiger charge is -2.17. The maximum atomic E-state index is 12.3. The first-order valence-corrected chi connectivity index (χ1v) is 4.99. The predicted octanol–water partition coefficient (Wildman–Crippen LogP) is 3.57. The molecular weight excluding hydrogens is 229 g/mol. The molecule has 0 aromatic heterocycles. The summed E-state index contributed by atoms with van der Waals surface area (Å²) in [4.78, 5) is 0. The Balaban J connectivity index is 2.87. The molecule has 0 saturated heterocycles. The van der Waals surface area contributed by atoms with Crippen LogP contribution in [0.3, 0.4) is 0 Å². The topological polar surface area (TPSA) is 20.2 Å². The van der Waals surface area contributed by atoms with Crippen molar-refractivity contribution in [3.63, 3.8) is 0 Å². The van der Waals surface area contributed by atoms with Gasteiger partial charge in [0.2, 0.25) is 0 Å². The van der Waals surface area contributed by atoms with Gasteiger partial charge in [-0.2, -0.15) is 13.2 Å². The van der Waals surface area contributed by atoms with Crippen LogP contribution in [0.5, 0.6) is 0 Å². The number of aliphatic hydroxyl groups excluding tert-OH is 1. The van der Waals surface area contributed by atoms with Crippen molar-refractivity contribution in [3.05, 3.63) is 53.6 Å². The van der Waals surface area contributed by atoms with E-state index in [0.717, 1.165) is 5.56 Å². The van der Waals surface area contributed by atoms with E-state index >= 15 is 0 Å². The summed E-state index contributed by atoms with van der Waals surface area (Å²) in [7, 11) is 0. The highest BCUT2D eigenvalue weighted by Crippen LogP contribution is 2.29. The average molecular weight is 242 g/mol. The van der Waals surface area contributed by atoms with Gasteiger partial charge in [0.1, 0.15) is 6.10 Å². The summed E-state index contributed by atoms with van der Waals surface area (Å²) < 4.78 is 36.9. The highest BCUT2D eigenvalue weighted by Gasteiger charge is 2.36. The van der Waals surface area contributed by atoms with Crippen molar-refractivity contribution in [1.29, 1.82) is 0 Å². The molecule has 1 aromatic carbocycles. The number of alkyl halides is 3. The minimum absolute atomic E-state index is 0.207. The lowest BCUT2D eigenvalue weighted by molar-refractivity contribution is -0.102. The van der Waals surface area contributed by atoms with Gasteiger partial charge in [-0.05, 0) is 18.1 Å². The Morgan fingerprint density at radius 3 is 2.29 bits per heavy atom. The summed E-state index contributed by atoms with van der Waals surface area (Å²) in [6, 6.07) is 8.82. The van der Waals surface area contributed by atoms with Crippen LogP contribution < -0.4 is 0 Å². The van der Waals surface area contributed by atoms with Crippen LogP contribution in [0.4, 0.5) is 13.2 Å². The number of hydrogen-bond acceptors (Lipinski definition) is 1. The van der Waals surface area contributed by atoms with E-state index in [1.165, 1.54) is 13.0 Å². The highest BCUT2D eigenvalue weighted by molar-refractivity contribution is 5.54. The van der Waals surface area contributed by atoms with Gasteiger partial charge >= 0.3 is 6.18 Å². The number of aliphatic hydroxyl groups is 1. The fourth-order valence-electron chi connectivity index (χ4n) is 1.32. The Morgan fingerprint density at radius 1 is 1.29 bits per heavy atom. The van der Waals surface area contributed by atoms with Crippen LogP contribution in [0, 0.1) is 0 Å². The average Bonchev–Trinajstić information content (AvgIpc) is 2.27. The van der Waals surface area contributed by atoms with Crippen LogP contribution in [0.25, 0.3) is 6.08 Å². The molecule has 0 heterocycles. The number of rotatable bonds is 3. The molecule has 1 nitrogen and oxygen atoms in total. The Bertz CT molecular complexity index is 418. The van der Waals surface area contributed by atoms with E-state index in [2.05, 4.69) is 6.58 Å². The Labute approximate surface area is 97.9 Å². The third-order valence-electron chi connectivity index (χ3n) is 2.32. The van der Waals surface area contributed by atoms with Crippen molar-refractivity contribution in [2.75, 3.05) is 0 Å². The van der Waals surface area contributed by atoms with Crippen LogP contribution in [0.1, 0.15) is 12.5 Å². The zero-order valence-corrected chi connectivity index (χ0v) is 9.33. The van der Waals surface area contributed by atoms with Gasteiger partial charge in [0.15, 0.2) is 0 Å². The van der Waals surface area contributed by atoms with Crippen LogP contribution in [-0.2, 0) is 0 Å². The van der Waals surface area contributed by atoms with Crippen molar-refractivity contribution in [3.8, 4) is 0 Å². The normalized spacial score (nSPS) is 14.5. The molecule has 17 heavy (non-hydrogen) atoms. The van der Waals surface area contributed by atoms with Crippen molar-refractivity contribution < 1.29 is 18.3 Å².